The highest BCUT2D eigenvalue weighted by Gasteiger charge is 2.11. The van der Waals surface area contributed by atoms with Crippen molar-refractivity contribution < 1.29 is 9.18 Å². The van der Waals surface area contributed by atoms with Gasteiger partial charge in [0.2, 0.25) is 0 Å². The lowest BCUT2D eigenvalue weighted by Gasteiger charge is -2.10. The molecule has 2 aromatic carbocycles. The van der Waals surface area contributed by atoms with Crippen LogP contribution in [-0.4, -0.2) is 26.9 Å². The Morgan fingerprint density at radius 2 is 1.75 bits per heavy atom. The van der Waals surface area contributed by atoms with Crippen LogP contribution in [0.5, 0.6) is 0 Å². The number of hydrogen-bond acceptors (Lipinski definition) is 3. The van der Waals surface area contributed by atoms with Gasteiger partial charge in [-0.15, -0.1) is 5.10 Å². The van der Waals surface area contributed by atoms with Crippen LogP contribution in [0.4, 0.5) is 4.39 Å². The SMILES string of the molecule is CC(C)NC(=O)c1ccc(-n2nncc2-c2ccc(F)cc2)cc1. The van der Waals surface area contributed by atoms with E-state index in [1.807, 2.05) is 13.8 Å². The van der Waals surface area contributed by atoms with E-state index >= 15 is 0 Å². The number of amides is 1. The first kappa shape index (κ1) is 15.9. The Kier molecular flexibility index (Phi) is 4.37. The van der Waals surface area contributed by atoms with Crippen LogP contribution >= 0.6 is 0 Å². The molecule has 0 radical (unpaired) electrons. The van der Waals surface area contributed by atoms with E-state index in [-0.39, 0.29) is 17.8 Å². The molecule has 1 N–H and O–H groups in total. The minimum Gasteiger partial charge on any atom is -0.350 e. The van der Waals surface area contributed by atoms with Crippen molar-refractivity contribution in [3.8, 4) is 16.9 Å². The molecule has 5 nitrogen and oxygen atoms in total. The summed E-state index contributed by atoms with van der Waals surface area (Å²) < 4.78 is 14.7. The van der Waals surface area contributed by atoms with Crippen molar-refractivity contribution >= 4 is 5.91 Å². The standard InChI is InChI=1S/C18H17FN4O/c1-12(2)21-18(24)14-5-9-16(10-6-14)23-17(11-20-22-23)13-3-7-15(19)8-4-13/h3-12H,1-2H3,(H,21,24). The van der Waals surface area contributed by atoms with E-state index in [9.17, 15) is 9.18 Å². The number of rotatable bonds is 4. The molecule has 0 saturated carbocycles. The first-order valence-corrected chi connectivity index (χ1v) is 7.62. The van der Waals surface area contributed by atoms with Crippen LogP contribution in [0.3, 0.4) is 0 Å². The molecule has 0 aliphatic carbocycles. The molecule has 0 fully saturated rings. The van der Waals surface area contributed by atoms with Crippen LogP contribution in [0.1, 0.15) is 24.2 Å². The molecule has 3 aromatic rings. The third kappa shape index (κ3) is 3.32. The zero-order valence-electron chi connectivity index (χ0n) is 13.4. The smallest absolute Gasteiger partial charge is 0.251 e. The lowest BCUT2D eigenvalue weighted by Crippen LogP contribution is -2.29. The third-order valence-corrected chi connectivity index (χ3v) is 3.48. The zero-order valence-corrected chi connectivity index (χ0v) is 13.4. The zero-order chi connectivity index (χ0) is 17.1. The van der Waals surface area contributed by atoms with E-state index in [0.29, 0.717) is 5.56 Å². The second-order valence-corrected chi connectivity index (χ2v) is 5.71. The first-order valence-electron chi connectivity index (χ1n) is 7.62. The number of hydrogen-bond donors (Lipinski definition) is 1. The van der Waals surface area contributed by atoms with Crippen LogP contribution in [-0.2, 0) is 0 Å². The maximum absolute atomic E-state index is 13.1. The van der Waals surface area contributed by atoms with E-state index in [4.69, 9.17) is 0 Å². The highest BCUT2D eigenvalue weighted by Crippen LogP contribution is 2.22. The minimum absolute atomic E-state index is 0.0811. The molecule has 0 unspecified atom stereocenters. The van der Waals surface area contributed by atoms with Crippen molar-refractivity contribution in [2.24, 2.45) is 0 Å². The number of nitrogens with one attached hydrogen (secondary N) is 1. The molecular weight excluding hydrogens is 307 g/mol. The quantitative estimate of drug-likeness (QED) is 0.801. The summed E-state index contributed by atoms with van der Waals surface area (Å²) in [6.45, 7) is 3.83. The van der Waals surface area contributed by atoms with Crippen LogP contribution in [0.2, 0.25) is 0 Å². The van der Waals surface area contributed by atoms with E-state index in [0.717, 1.165) is 16.9 Å². The summed E-state index contributed by atoms with van der Waals surface area (Å²) in [6.07, 6.45) is 1.62. The van der Waals surface area contributed by atoms with Crippen molar-refractivity contribution in [1.82, 2.24) is 20.3 Å². The van der Waals surface area contributed by atoms with Gasteiger partial charge in [0, 0.05) is 17.2 Å². The third-order valence-electron chi connectivity index (χ3n) is 3.48. The van der Waals surface area contributed by atoms with Gasteiger partial charge in [0.25, 0.3) is 5.91 Å². The van der Waals surface area contributed by atoms with Crippen molar-refractivity contribution in [2.75, 3.05) is 0 Å². The van der Waals surface area contributed by atoms with E-state index in [1.54, 1.807) is 47.3 Å². The molecule has 122 valence electrons. The average Bonchev–Trinajstić information content (AvgIpc) is 3.04. The molecule has 24 heavy (non-hydrogen) atoms. The summed E-state index contributed by atoms with van der Waals surface area (Å²) in [5.74, 6) is -0.410. The molecule has 6 heteroatoms. The van der Waals surface area contributed by atoms with Crippen molar-refractivity contribution in [3.05, 3.63) is 66.1 Å². The molecular formula is C18H17FN4O. The number of benzene rings is 2. The summed E-state index contributed by atoms with van der Waals surface area (Å²) in [5, 5.41) is 10.9. The second kappa shape index (κ2) is 6.62. The molecule has 0 saturated heterocycles. The fraction of sp³-hybridized carbons (Fsp3) is 0.167. The van der Waals surface area contributed by atoms with Crippen LogP contribution < -0.4 is 5.32 Å². The number of carbonyl (C=O) groups excluding carboxylic acids is 1. The van der Waals surface area contributed by atoms with Gasteiger partial charge in [0.15, 0.2) is 0 Å². The fourth-order valence-corrected chi connectivity index (χ4v) is 2.34. The van der Waals surface area contributed by atoms with Crippen LogP contribution in [0.25, 0.3) is 16.9 Å². The van der Waals surface area contributed by atoms with Crippen molar-refractivity contribution in [3.63, 3.8) is 0 Å². The normalized spacial score (nSPS) is 10.8. The minimum atomic E-state index is -0.293. The number of aromatic nitrogens is 3. The highest BCUT2D eigenvalue weighted by atomic mass is 19.1. The van der Waals surface area contributed by atoms with Gasteiger partial charge in [-0.05, 0) is 62.4 Å². The maximum atomic E-state index is 13.1. The number of carbonyl (C=O) groups is 1. The van der Waals surface area contributed by atoms with E-state index in [1.165, 1.54) is 12.1 Å². The lowest BCUT2D eigenvalue weighted by atomic mass is 10.1. The average molecular weight is 324 g/mol. The predicted octanol–water partition coefficient (Wildman–Crippen LogP) is 3.21. The Morgan fingerprint density at radius 1 is 1.08 bits per heavy atom. The Bertz CT molecular complexity index is 838. The van der Waals surface area contributed by atoms with Gasteiger partial charge in [-0.2, -0.15) is 0 Å². The number of halogens is 1. The topological polar surface area (TPSA) is 59.8 Å². The monoisotopic (exact) mass is 324 g/mol. The largest absolute Gasteiger partial charge is 0.350 e. The molecule has 0 aliphatic rings. The van der Waals surface area contributed by atoms with E-state index in [2.05, 4.69) is 15.6 Å². The Balaban J connectivity index is 1.89. The molecule has 0 atom stereocenters. The highest BCUT2D eigenvalue weighted by molar-refractivity contribution is 5.94. The number of nitrogens with zero attached hydrogens (tertiary/aromatic N) is 3. The van der Waals surface area contributed by atoms with Crippen LogP contribution in [0.15, 0.2) is 54.7 Å². The molecule has 0 aliphatic heterocycles. The van der Waals surface area contributed by atoms with Crippen LogP contribution in [0, 0.1) is 5.82 Å². The summed E-state index contributed by atoms with van der Waals surface area (Å²) in [5.41, 5.74) is 2.90. The van der Waals surface area contributed by atoms with Gasteiger partial charge < -0.3 is 5.32 Å². The summed E-state index contributed by atoms with van der Waals surface area (Å²) in [7, 11) is 0. The first-order chi connectivity index (χ1) is 11.5. The molecule has 1 heterocycles. The fourth-order valence-electron chi connectivity index (χ4n) is 2.34. The van der Waals surface area contributed by atoms with Crippen molar-refractivity contribution in [1.29, 1.82) is 0 Å². The van der Waals surface area contributed by atoms with E-state index < -0.39 is 0 Å². The molecule has 3 rings (SSSR count). The molecule has 0 bridgehead atoms. The van der Waals surface area contributed by atoms with Gasteiger partial charge in [0.05, 0.1) is 17.6 Å². The lowest BCUT2D eigenvalue weighted by molar-refractivity contribution is 0.0943. The van der Waals surface area contributed by atoms with Crippen molar-refractivity contribution in [2.45, 2.75) is 19.9 Å². The van der Waals surface area contributed by atoms with Gasteiger partial charge in [0.1, 0.15) is 5.82 Å². The maximum Gasteiger partial charge on any atom is 0.251 e. The van der Waals surface area contributed by atoms with Gasteiger partial charge in [-0.3, -0.25) is 4.79 Å². The summed E-state index contributed by atoms with van der Waals surface area (Å²) in [4.78, 5) is 12.0. The Hall–Kier alpha value is -3.02. The molecule has 1 aromatic heterocycles. The molecule has 1 amide bonds. The Labute approximate surface area is 139 Å². The van der Waals surface area contributed by atoms with Gasteiger partial charge >= 0.3 is 0 Å². The predicted molar refractivity (Wildman–Crippen MR) is 89.4 cm³/mol. The van der Waals surface area contributed by atoms with Gasteiger partial charge in [-0.1, -0.05) is 5.21 Å². The van der Waals surface area contributed by atoms with Gasteiger partial charge in [-0.25, -0.2) is 9.07 Å². The summed E-state index contributed by atoms with van der Waals surface area (Å²) in [6, 6.07) is 13.3. The molecule has 0 spiro atoms. The summed E-state index contributed by atoms with van der Waals surface area (Å²) >= 11 is 0. The Morgan fingerprint density at radius 3 is 2.38 bits per heavy atom. The second-order valence-electron chi connectivity index (χ2n) is 5.71.